The number of methoxy groups -OCH3 is 2. The smallest absolute Gasteiger partial charge is 0.319 e. The van der Waals surface area contributed by atoms with Crippen LogP contribution in [0.25, 0.3) is 0 Å². The lowest BCUT2D eigenvalue weighted by atomic mass is 9.96. The summed E-state index contributed by atoms with van der Waals surface area (Å²) in [4.78, 5) is 12.3. The molecule has 3 rings (SSSR count). The molecule has 0 atom stereocenters. The van der Waals surface area contributed by atoms with Crippen LogP contribution in [0.4, 0.5) is 10.5 Å². The summed E-state index contributed by atoms with van der Waals surface area (Å²) in [5.41, 5.74) is 1.94. The molecule has 5 heteroatoms. The molecule has 2 amide bonds. The van der Waals surface area contributed by atoms with E-state index in [0.29, 0.717) is 23.7 Å². The number of carbonyl (C=O) groups excluding carboxylic acids is 1. The Labute approximate surface area is 142 Å². The van der Waals surface area contributed by atoms with Crippen molar-refractivity contribution in [1.82, 2.24) is 5.32 Å². The zero-order valence-electron chi connectivity index (χ0n) is 14.0. The van der Waals surface area contributed by atoms with E-state index in [4.69, 9.17) is 9.47 Å². The van der Waals surface area contributed by atoms with Crippen molar-refractivity contribution in [3.63, 3.8) is 0 Å². The molecule has 2 N–H and O–H groups in total. The molecule has 126 valence electrons. The molecule has 5 nitrogen and oxygen atoms in total. The molecule has 1 fully saturated rings. The zero-order chi connectivity index (χ0) is 17.0. The minimum atomic E-state index is -0.247. The third-order valence-electron chi connectivity index (χ3n) is 4.48. The van der Waals surface area contributed by atoms with Crippen LogP contribution >= 0.6 is 0 Å². The molecular formula is C19H22N2O3. The SMILES string of the molecule is COc1ccc(OC)c(NC(=O)NCC2(c3ccccc3)CC2)c1. The molecule has 0 aromatic heterocycles. The summed E-state index contributed by atoms with van der Waals surface area (Å²) in [5.74, 6) is 1.25. The number of hydrogen-bond donors (Lipinski definition) is 2. The number of ether oxygens (including phenoxy) is 2. The summed E-state index contributed by atoms with van der Waals surface area (Å²) in [6.45, 7) is 0.620. The number of urea groups is 1. The summed E-state index contributed by atoms with van der Waals surface area (Å²) in [6.07, 6.45) is 2.19. The van der Waals surface area contributed by atoms with E-state index in [1.807, 2.05) is 18.2 Å². The van der Waals surface area contributed by atoms with Crippen molar-refractivity contribution in [3.8, 4) is 11.5 Å². The van der Waals surface area contributed by atoms with Gasteiger partial charge in [-0.1, -0.05) is 30.3 Å². The first-order valence-corrected chi connectivity index (χ1v) is 7.99. The topological polar surface area (TPSA) is 59.6 Å². The molecule has 0 saturated heterocycles. The van der Waals surface area contributed by atoms with E-state index in [2.05, 4.69) is 22.8 Å². The number of hydrogen-bond acceptors (Lipinski definition) is 3. The van der Waals surface area contributed by atoms with Crippen molar-refractivity contribution in [1.29, 1.82) is 0 Å². The normalized spacial score (nSPS) is 14.6. The number of rotatable bonds is 6. The molecule has 2 aromatic rings. The lowest BCUT2D eigenvalue weighted by Crippen LogP contribution is -2.35. The number of carbonyl (C=O) groups is 1. The fourth-order valence-electron chi connectivity index (χ4n) is 2.84. The van der Waals surface area contributed by atoms with Crippen molar-refractivity contribution < 1.29 is 14.3 Å². The van der Waals surface area contributed by atoms with Crippen LogP contribution in [0.3, 0.4) is 0 Å². The predicted molar refractivity (Wildman–Crippen MR) is 93.9 cm³/mol. The maximum Gasteiger partial charge on any atom is 0.319 e. The third-order valence-corrected chi connectivity index (χ3v) is 4.48. The summed E-state index contributed by atoms with van der Waals surface area (Å²) >= 11 is 0. The molecule has 1 aliphatic rings. The van der Waals surface area contributed by atoms with Gasteiger partial charge in [0.2, 0.25) is 0 Å². The summed E-state index contributed by atoms with van der Waals surface area (Å²) < 4.78 is 10.5. The molecule has 0 aliphatic heterocycles. The van der Waals surface area contributed by atoms with Gasteiger partial charge in [0.05, 0.1) is 19.9 Å². The highest BCUT2D eigenvalue weighted by atomic mass is 16.5. The maximum atomic E-state index is 12.3. The van der Waals surface area contributed by atoms with Gasteiger partial charge >= 0.3 is 6.03 Å². The van der Waals surface area contributed by atoms with Crippen molar-refractivity contribution >= 4 is 11.7 Å². The average molecular weight is 326 g/mol. The molecule has 0 bridgehead atoms. The van der Waals surface area contributed by atoms with Crippen LogP contribution in [0.5, 0.6) is 11.5 Å². The van der Waals surface area contributed by atoms with E-state index in [-0.39, 0.29) is 11.4 Å². The second-order valence-electron chi connectivity index (χ2n) is 6.02. The van der Waals surface area contributed by atoms with Crippen molar-refractivity contribution in [2.24, 2.45) is 0 Å². The molecule has 0 heterocycles. The largest absolute Gasteiger partial charge is 0.497 e. The molecule has 0 spiro atoms. The summed E-state index contributed by atoms with van der Waals surface area (Å²) in [6, 6.07) is 15.4. The van der Waals surface area contributed by atoms with Crippen LogP contribution in [-0.4, -0.2) is 26.8 Å². The van der Waals surface area contributed by atoms with Crippen LogP contribution < -0.4 is 20.1 Å². The first kappa shape index (κ1) is 16.2. The van der Waals surface area contributed by atoms with Gasteiger partial charge in [0.1, 0.15) is 11.5 Å². The second-order valence-corrected chi connectivity index (χ2v) is 6.02. The highest BCUT2D eigenvalue weighted by Crippen LogP contribution is 2.47. The van der Waals surface area contributed by atoms with Gasteiger partial charge in [-0.3, -0.25) is 0 Å². The van der Waals surface area contributed by atoms with E-state index < -0.39 is 0 Å². The predicted octanol–water partition coefficient (Wildman–Crippen LogP) is 3.56. The average Bonchev–Trinajstić information content (AvgIpc) is 3.42. The van der Waals surface area contributed by atoms with E-state index in [1.165, 1.54) is 5.56 Å². The van der Waals surface area contributed by atoms with Gasteiger partial charge in [0.25, 0.3) is 0 Å². The standard InChI is InChI=1S/C19H22N2O3/c1-23-15-8-9-17(24-2)16(12-15)21-18(22)20-13-19(10-11-19)14-6-4-3-5-7-14/h3-9,12H,10-11,13H2,1-2H3,(H2,20,21,22). The fourth-order valence-corrected chi connectivity index (χ4v) is 2.84. The van der Waals surface area contributed by atoms with Crippen molar-refractivity contribution in [3.05, 3.63) is 54.1 Å². The Balaban J connectivity index is 1.63. The number of anilines is 1. The molecule has 1 saturated carbocycles. The Kier molecular flexibility index (Phi) is 4.60. The quantitative estimate of drug-likeness (QED) is 0.853. The van der Waals surface area contributed by atoms with E-state index >= 15 is 0 Å². The Morgan fingerprint density at radius 1 is 1.08 bits per heavy atom. The van der Waals surface area contributed by atoms with Gasteiger partial charge in [-0.15, -0.1) is 0 Å². The lowest BCUT2D eigenvalue weighted by molar-refractivity contribution is 0.251. The Bertz CT molecular complexity index is 712. The molecule has 0 radical (unpaired) electrons. The van der Waals surface area contributed by atoms with Crippen LogP contribution in [-0.2, 0) is 5.41 Å². The van der Waals surface area contributed by atoms with Crippen molar-refractivity contribution in [2.45, 2.75) is 18.3 Å². The van der Waals surface area contributed by atoms with Gasteiger partial charge in [-0.25, -0.2) is 4.79 Å². The number of amides is 2. The molecule has 2 aromatic carbocycles. The van der Waals surface area contributed by atoms with Crippen LogP contribution in [0.2, 0.25) is 0 Å². The molecular weight excluding hydrogens is 304 g/mol. The third kappa shape index (κ3) is 3.45. The molecule has 0 unspecified atom stereocenters. The first-order chi connectivity index (χ1) is 11.7. The number of benzene rings is 2. The van der Waals surface area contributed by atoms with Crippen LogP contribution in [0.15, 0.2) is 48.5 Å². The van der Waals surface area contributed by atoms with E-state index in [0.717, 1.165) is 12.8 Å². The minimum absolute atomic E-state index is 0.0804. The van der Waals surface area contributed by atoms with Gasteiger partial charge < -0.3 is 20.1 Å². The summed E-state index contributed by atoms with van der Waals surface area (Å²) in [5, 5.41) is 5.81. The van der Waals surface area contributed by atoms with Crippen LogP contribution in [0.1, 0.15) is 18.4 Å². The van der Waals surface area contributed by atoms with Gasteiger partial charge in [0, 0.05) is 18.0 Å². The maximum absolute atomic E-state index is 12.3. The Morgan fingerprint density at radius 2 is 1.83 bits per heavy atom. The van der Waals surface area contributed by atoms with Gasteiger partial charge in [-0.2, -0.15) is 0 Å². The lowest BCUT2D eigenvalue weighted by Gasteiger charge is -2.17. The van der Waals surface area contributed by atoms with Crippen LogP contribution in [0, 0.1) is 0 Å². The highest BCUT2D eigenvalue weighted by Gasteiger charge is 2.44. The summed E-state index contributed by atoms with van der Waals surface area (Å²) in [7, 11) is 3.15. The monoisotopic (exact) mass is 326 g/mol. The highest BCUT2D eigenvalue weighted by molar-refractivity contribution is 5.91. The minimum Gasteiger partial charge on any atom is -0.497 e. The molecule has 24 heavy (non-hydrogen) atoms. The Hall–Kier alpha value is -2.69. The zero-order valence-corrected chi connectivity index (χ0v) is 14.0. The molecule has 1 aliphatic carbocycles. The Morgan fingerprint density at radius 3 is 2.46 bits per heavy atom. The number of nitrogens with one attached hydrogen (secondary N) is 2. The van der Waals surface area contributed by atoms with E-state index in [9.17, 15) is 4.79 Å². The fraction of sp³-hybridized carbons (Fsp3) is 0.316. The van der Waals surface area contributed by atoms with Gasteiger partial charge in [0.15, 0.2) is 0 Å². The van der Waals surface area contributed by atoms with E-state index in [1.54, 1.807) is 32.4 Å². The second kappa shape index (κ2) is 6.83. The van der Waals surface area contributed by atoms with Gasteiger partial charge in [-0.05, 0) is 30.5 Å². The first-order valence-electron chi connectivity index (χ1n) is 7.99. The van der Waals surface area contributed by atoms with Crippen molar-refractivity contribution in [2.75, 3.05) is 26.1 Å².